The van der Waals surface area contributed by atoms with E-state index < -0.39 is 0 Å². The maximum absolute atomic E-state index is 3.59. The Morgan fingerprint density at radius 1 is 0.469 bits per heavy atom. The summed E-state index contributed by atoms with van der Waals surface area (Å²) in [5.41, 5.74) is 2.53. The quantitative estimate of drug-likeness (QED) is 0.201. The summed E-state index contributed by atoms with van der Waals surface area (Å²) in [7, 11) is 0. The first-order valence-corrected chi connectivity index (χ1v) is 12.3. The Morgan fingerprint density at radius 3 is 2.03 bits per heavy atom. The molecule has 1 aromatic heterocycles. The van der Waals surface area contributed by atoms with Gasteiger partial charge in [0.1, 0.15) is 0 Å². The molecule has 0 aliphatic carbocycles. The van der Waals surface area contributed by atoms with Gasteiger partial charge in [-0.15, -0.1) is 11.3 Å². The molecule has 0 atom stereocenters. The Morgan fingerprint density at radius 2 is 1.16 bits per heavy atom. The van der Waals surface area contributed by atoms with Crippen molar-refractivity contribution in [2.45, 2.75) is 0 Å². The molecular weight excluding hydrogens is 472 g/mol. The van der Waals surface area contributed by atoms with Crippen molar-refractivity contribution < 1.29 is 0 Å². The van der Waals surface area contributed by atoms with Gasteiger partial charge in [-0.2, -0.15) is 0 Å². The lowest BCUT2D eigenvalue weighted by molar-refractivity contribution is 1.69. The fraction of sp³-hybridized carbons (Fsp3) is 0. The lowest BCUT2D eigenvalue weighted by atomic mass is 9.96. The van der Waals surface area contributed by atoms with Crippen LogP contribution in [0.4, 0.5) is 0 Å². The monoisotopic (exact) mass is 488 g/mol. The van der Waals surface area contributed by atoms with Crippen LogP contribution in [-0.4, -0.2) is 0 Å². The zero-order valence-corrected chi connectivity index (χ0v) is 19.5. The van der Waals surface area contributed by atoms with Gasteiger partial charge in [0, 0.05) is 24.6 Å². The van der Waals surface area contributed by atoms with E-state index in [1.807, 2.05) is 11.3 Å². The molecule has 7 rings (SSSR count). The van der Waals surface area contributed by atoms with E-state index in [9.17, 15) is 0 Å². The predicted molar refractivity (Wildman–Crippen MR) is 145 cm³/mol. The van der Waals surface area contributed by atoms with Crippen molar-refractivity contribution in [3.8, 4) is 11.1 Å². The van der Waals surface area contributed by atoms with E-state index in [1.165, 1.54) is 63.6 Å². The molecule has 1 heterocycles. The van der Waals surface area contributed by atoms with Crippen molar-refractivity contribution >= 4 is 79.8 Å². The van der Waals surface area contributed by atoms with Crippen LogP contribution in [0.5, 0.6) is 0 Å². The Bertz CT molecular complexity index is 1840. The molecule has 0 saturated heterocycles. The summed E-state index contributed by atoms with van der Waals surface area (Å²) in [6.45, 7) is 0. The molecule has 0 nitrogen and oxygen atoms in total. The zero-order chi connectivity index (χ0) is 21.2. The number of rotatable bonds is 1. The van der Waals surface area contributed by atoms with Crippen molar-refractivity contribution in [1.82, 2.24) is 0 Å². The zero-order valence-electron chi connectivity index (χ0n) is 17.1. The van der Waals surface area contributed by atoms with E-state index in [4.69, 9.17) is 0 Å². The molecule has 150 valence electrons. The standard InChI is InChI=1S/C30H17BrS/c31-23-10-13-25-22(16-23)6-5-21-15-19(7-11-24(21)25)20-8-12-27-29(17-20)32-28-14-9-18-3-1-2-4-26(18)30(27)28/h1-17H. The smallest absolute Gasteiger partial charge is 0.0361 e. The molecule has 7 aromatic rings. The summed E-state index contributed by atoms with van der Waals surface area (Å²) in [5.74, 6) is 0. The first kappa shape index (κ1) is 18.4. The Balaban J connectivity index is 1.42. The van der Waals surface area contributed by atoms with Crippen LogP contribution >= 0.6 is 27.3 Å². The van der Waals surface area contributed by atoms with Gasteiger partial charge in [0.2, 0.25) is 0 Å². The molecule has 0 amide bonds. The van der Waals surface area contributed by atoms with Crippen LogP contribution in [0.2, 0.25) is 0 Å². The van der Waals surface area contributed by atoms with E-state index in [0.717, 1.165) is 4.47 Å². The van der Waals surface area contributed by atoms with Crippen LogP contribution in [0.1, 0.15) is 0 Å². The molecule has 32 heavy (non-hydrogen) atoms. The maximum Gasteiger partial charge on any atom is 0.0361 e. The lowest BCUT2D eigenvalue weighted by Gasteiger charge is -2.08. The highest BCUT2D eigenvalue weighted by Crippen LogP contribution is 2.40. The van der Waals surface area contributed by atoms with Crippen LogP contribution in [0.25, 0.3) is 63.6 Å². The van der Waals surface area contributed by atoms with Crippen LogP contribution in [0.3, 0.4) is 0 Å². The highest BCUT2D eigenvalue weighted by Gasteiger charge is 2.10. The van der Waals surface area contributed by atoms with Crippen molar-refractivity contribution in [2.75, 3.05) is 0 Å². The summed E-state index contributed by atoms with van der Waals surface area (Å²) in [6, 6.07) is 37.9. The lowest BCUT2D eigenvalue weighted by Crippen LogP contribution is -1.82. The fourth-order valence-corrected chi connectivity index (χ4v) is 6.49. The van der Waals surface area contributed by atoms with Gasteiger partial charge in [-0.1, -0.05) is 88.7 Å². The highest BCUT2D eigenvalue weighted by atomic mass is 79.9. The minimum absolute atomic E-state index is 1.12. The number of benzene rings is 6. The second-order valence-electron chi connectivity index (χ2n) is 8.34. The molecule has 6 aromatic carbocycles. The van der Waals surface area contributed by atoms with Crippen LogP contribution < -0.4 is 0 Å². The number of fused-ring (bicyclic) bond motifs is 8. The molecule has 0 spiro atoms. The fourth-order valence-electron chi connectivity index (χ4n) is 4.95. The number of halogens is 1. The summed E-state index contributed by atoms with van der Waals surface area (Å²) >= 11 is 5.47. The molecule has 0 unspecified atom stereocenters. The predicted octanol–water partition coefficient (Wildman–Crippen LogP) is 9.94. The van der Waals surface area contributed by atoms with Crippen LogP contribution in [-0.2, 0) is 0 Å². The van der Waals surface area contributed by atoms with Gasteiger partial charge in [0.25, 0.3) is 0 Å². The van der Waals surface area contributed by atoms with Crippen molar-refractivity contribution in [3.05, 3.63) is 108 Å². The third kappa shape index (κ3) is 2.73. The van der Waals surface area contributed by atoms with E-state index in [0.29, 0.717) is 0 Å². The third-order valence-corrected chi connectivity index (χ3v) is 8.10. The molecule has 0 aliphatic heterocycles. The van der Waals surface area contributed by atoms with Crippen LogP contribution in [0.15, 0.2) is 108 Å². The maximum atomic E-state index is 3.59. The van der Waals surface area contributed by atoms with Gasteiger partial charge in [-0.3, -0.25) is 0 Å². The van der Waals surface area contributed by atoms with Gasteiger partial charge < -0.3 is 0 Å². The normalized spacial score (nSPS) is 11.9. The van der Waals surface area contributed by atoms with E-state index in [2.05, 4.69) is 119 Å². The summed E-state index contributed by atoms with van der Waals surface area (Å²) < 4.78 is 3.81. The van der Waals surface area contributed by atoms with Gasteiger partial charge in [-0.25, -0.2) is 0 Å². The van der Waals surface area contributed by atoms with Gasteiger partial charge in [0.05, 0.1) is 0 Å². The highest BCUT2D eigenvalue weighted by molar-refractivity contribution is 9.10. The first-order valence-electron chi connectivity index (χ1n) is 10.7. The number of hydrogen-bond acceptors (Lipinski definition) is 1. The molecule has 0 radical (unpaired) electrons. The number of thiophene rings is 1. The summed E-state index contributed by atoms with van der Waals surface area (Å²) in [4.78, 5) is 0. The SMILES string of the molecule is Brc1ccc2c(ccc3cc(-c4ccc5c(c4)sc4ccc6ccccc6c45)ccc32)c1. The second kappa shape index (κ2) is 6.90. The average molecular weight is 489 g/mol. The van der Waals surface area contributed by atoms with E-state index in [-0.39, 0.29) is 0 Å². The Hall–Kier alpha value is -3.20. The molecular formula is C30H17BrS. The Labute approximate surface area is 197 Å². The Kier molecular flexibility index (Phi) is 3.96. The molecule has 0 N–H and O–H groups in total. The molecule has 0 bridgehead atoms. The third-order valence-electron chi connectivity index (χ3n) is 6.49. The second-order valence-corrected chi connectivity index (χ2v) is 10.3. The molecule has 0 saturated carbocycles. The van der Waals surface area contributed by atoms with Gasteiger partial charge >= 0.3 is 0 Å². The number of hydrogen-bond donors (Lipinski definition) is 0. The van der Waals surface area contributed by atoms with Crippen molar-refractivity contribution in [3.63, 3.8) is 0 Å². The minimum atomic E-state index is 1.12. The van der Waals surface area contributed by atoms with Crippen molar-refractivity contribution in [1.29, 1.82) is 0 Å². The molecule has 2 heteroatoms. The van der Waals surface area contributed by atoms with Crippen molar-refractivity contribution in [2.24, 2.45) is 0 Å². The van der Waals surface area contributed by atoms with Gasteiger partial charge in [0.15, 0.2) is 0 Å². The van der Waals surface area contributed by atoms with E-state index in [1.54, 1.807) is 0 Å². The summed E-state index contributed by atoms with van der Waals surface area (Å²) in [6.07, 6.45) is 0. The van der Waals surface area contributed by atoms with Gasteiger partial charge in [-0.05, 0) is 73.8 Å². The first-order chi connectivity index (χ1) is 15.7. The van der Waals surface area contributed by atoms with E-state index >= 15 is 0 Å². The largest absolute Gasteiger partial charge is 0.135 e. The van der Waals surface area contributed by atoms with Crippen LogP contribution in [0, 0.1) is 0 Å². The minimum Gasteiger partial charge on any atom is -0.135 e. The topological polar surface area (TPSA) is 0 Å². The molecule has 0 fully saturated rings. The summed E-state index contributed by atoms with van der Waals surface area (Å²) in [5, 5.41) is 10.5. The molecule has 0 aliphatic rings. The average Bonchev–Trinajstić information content (AvgIpc) is 3.21.